The fourth-order valence-electron chi connectivity index (χ4n) is 2.12. The highest BCUT2D eigenvalue weighted by Gasteiger charge is 2.30. The van der Waals surface area contributed by atoms with Crippen molar-refractivity contribution in [3.63, 3.8) is 0 Å². The number of nitrogens with two attached hydrogens (primary N) is 1. The summed E-state index contributed by atoms with van der Waals surface area (Å²) in [6.45, 7) is 13.7. The molecule has 0 saturated carbocycles. The molecule has 4 nitrogen and oxygen atoms in total. The molecular weight excluding hydrogens is 230 g/mol. The third-order valence-corrected chi connectivity index (χ3v) is 2.49. The van der Waals surface area contributed by atoms with Gasteiger partial charge in [0.05, 0.1) is 31.5 Å². The summed E-state index contributed by atoms with van der Waals surface area (Å²) in [6, 6.07) is 0.0545. The van der Waals surface area contributed by atoms with Crippen LogP contribution in [0.4, 0.5) is 0 Å². The molecule has 0 aromatic rings. The number of aliphatic hydroxyl groups excluding tert-OH is 1. The average molecular weight is 261 g/mol. The summed E-state index contributed by atoms with van der Waals surface area (Å²) >= 11 is 0. The van der Waals surface area contributed by atoms with Gasteiger partial charge in [0.1, 0.15) is 0 Å². The van der Waals surface area contributed by atoms with Crippen LogP contribution >= 0.6 is 0 Å². The Morgan fingerprint density at radius 1 is 1.11 bits per heavy atom. The van der Waals surface area contributed by atoms with Crippen LogP contribution in [-0.2, 0) is 9.47 Å². The average Bonchev–Trinajstić information content (AvgIpc) is 2.12. The van der Waals surface area contributed by atoms with Crippen molar-refractivity contribution in [1.82, 2.24) is 0 Å². The Hall–Kier alpha value is -0.160. The fourth-order valence-corrected chi connectivity index (χ4v) is 2.12. The van der Waals surface area contributed by atoms with E-state index in [1.165, 1.54) is 0 Å². The maximum absolute atomic E-state index is 9.16. The monoisotopic (exact) mass is 261 g/mol. The molecule has 0 aliphatic rings. The van der Waals surface area contributed by atoms with Crippen molar-refractivity contribution in [2.45, 2.75) is 65.7 Å². The molecule has 0 heterocycles. The van der Waals surface area contributed by atoms with E-state index in [1.807, 2.05) is 6.92 Å². The van der Waals surface area contributed by atoms with Gasteiger partial charge in [0.25, 0.3) is 0 Å². The zero-order chi connectivity index (χ0) is 14.4. The number of aliphatic hydroxyl groups is 1. The van der Waals surface area contributed by atoms with E-state index < -0.39 is 6.10 Å². The summed E-state index contributed by atoms with van der Waals surface area (Å²) in [5, 5.41) is 9.16. The lowest BCUT2D eigenvalue weighted by molar-refractivity contribution is -0.0697. The molecule has 2 atom stereocenters. The van der Waals surface area contributed by atoms with Crippen molar-refractivity contribution in [1.29, 1.82) is 0 Å². The second kappa shape index (κ2) is 7.43. The lowest BCUT2D eigenvalue weighted by Gasteiger charge is -2.35. The fraction of sp³-hybridized carbons (Fsp3) is 1.00. The number of hydrogen-bond acceptors (Lipinski definition) is 4. The van der Waals surface area contributed by atoms with Gasteiger partial charge >= 0.3 is 0 Å². The first-order valence-electron chi connectivity index (χ1n) is 6.69. The Morgan fingerprint density at radius 3 is 2.11 bits per heavy atom. The standard InChI is InChI=1S/C14H31NO3/c1-11(15)7-18-14(5,6)9-13(3,4)10-17-8-12(2)16/h11-12,16H,7-10,15H2,1-6H3. The molecule has 0 aromatic heterocycles. The van der Waals surface area contributed by atoms with Crippen molar-refractivity contribution in [3.05, 3.63) is 0 Å². The molecule has 18 heavy (non-hydrogen) atoms. The van der Waals surface area contributed by atoms with Crippen LogP contribution in [0.1, 0.15) is 48.0 Å². The molecule has 4 heteroatoms. The maximum atomic E-state index is 9.16. The summed E-state index contributed by atoms with van der Waals surface area (Å²) < 4.78 is 11.3. The topological polar surface area (TPSA) is 64.7 Å². The van der Waals surface area contributed by atoms with Crippen molar-refractivity contribution in [2.24, 2.45) is 11.1 Å². The van der Waals surface area contributed by atoms with Crippen molar-refractivity contribution < 1.29 is 14.6 Å². The van der Waals surface area contributed by atoms with Crippen LogP contribution in [0.15, 0.2) is 0 Å². The highest BCUT2D eigenvalue weighted by Crippen LogP contribution is 2.30. The molecule has 0 amide bonds. The van der Waals surface area contributed by atoms with E-state index in [2.05, 4.69) is 27.7 Å². The summed E-state index contributed by atoms with van der Waals surface area (Å²) in [5.41, 5.74) is 5.49. The van der Waals surface area contributed by atoms with Gasteiger partial charge < -0.3 is 20.3 Å². The SMILES string of the molecule is CC(N)COC(C)(C)CC(C)(C)COCC(C)O. The molecule has 0 rings (SSSR count). The zero-order valence-corrected chi connectivity index (χ0v) is 12.8. The Labute approximate surface area is 112 Å². The second-order valence-electron chi connectivity index (χ2n) is 6.75. The number of ether oxygens (including phenoxy) is 2. The molecule has 0 fully saturated rings. The Kier molecular flexibility index (Phi) is 7.37. The van der Waals surface area contributed by atoms with Crippen LogP contribution in [0, 0.1) is 5.41 Å². The molecule has 0 radical (unpaired) electrons. The van der Waals surface area contributed by atoms with Crippen molar-refractivity contribution >= 4 is 0 Å². The predicted molar refractivity (Wildman–Crippen MR) is 74.6 cm³/mol. The summed E-state index contributed by atoms with van der Waals surface area (Å²) in [4.78, 5) is 0. The van der Waals surface area contributed by atoms with E-state index in [9.17, 15) is 0 Å². The van der Waals surface area contributed by atoms with E-state index in [4.69, 9.17) is 20.3 Å². The largest absolute Gasteiger partial charge is 0.391 e. The third-order valence-electron chi connectivity index (χ3n) is 2.49. The van der Waals surface area contributed by atoms with E-state index in [1.54, 1.807) is 6.92 Å². The van der Waals surface area contributed by atoms with E-state index in [0.717, 1.165) is 6.42 Å². The predicted octanol–water partition coefficient (Wildman–Crippen LogP) is 1.94. The van der Waals surface area contributed by atoms with Crippen LogP contribution in [0.5, 0.6) is 0 Å². The summed E-state index contributed by atoms with van der Waals surface area (Å²) in [7, 11) is 0. The van der Waals surface area contributed by atoms with E-state index >= 15 is 0 Å². The van der Waals surface area contributed by atoms with Crippen LogP contribution < -0.4 is 5.73 Å². The molecule has 0 aromatic carbocycles. The Morgan fingerprint density at radius 2 is 1.67 bits per heavy atom. The quantitative estimate of drug-likeness (QED) is 0.666. The Balaban J connectivity index is 4.11. The highest BCUT2D eigenvalue weighted by atomic mass is 16.5. The second-order valence-corrected chi connectivity index (χ2v) is 6.75. The van der Waals surface area contributed by atoms with Gasteiger partial charge in [-0.2, -0.15) is 0 Å². The van der Waals surface area contributed by atoms with Crippen LogP contribution in [-0.4, -0.2) is 42.7 Å². The molecule has 0 bridgehead atoms. The summed E-state index contributed by atoms with van der Waals surface area (Å²) in [5.74, 6) is 0. The van der Waals surface area contributed by atoms with Gasteiger partial charge in [-0.15, -0.1) is 0 Å². The lowest BCUT2D eigenvalue weighted by atomic mass is 9.82. The van der Waals surface area contributed by atoms with Crippen LogP contribution in [0.2, 0.25) is 0 Å². The smallest absolute Gasteiger partial charge is 0.0745 e. The van der Waals surface area contributed by atoms with Gasteiger partial charge in [0, 0.05) is 6.04 Å². The first-order chi connectivity index (χ1) is 8.04. The van der Waals surface area contributed by atoms with Crippen LogP contribution in [0.3, 0.4) is 0 Å². The first-order valence-corrected chi connectivity index (χ1v) is 6.69. The molecule has 0 spiro atoms. The first kappa shape index (κ1) is 17.8. The minimum Gasteiger partial charge on any atom is -0.391 e. The van der Waals surface area contributed by atoms with Crippen molar-refractivity contribution in [2.75, 3.05) is 19.8 Å². The Bertz CT molecular complexity index is 225. The molecule has 0 aliphatic carbocycles. The van der Waals surface area contributed by atoms with Gasteiger partial charge in [-0.1, -0.05) is 13.8 Å². The maximum Gasteiger partial charge on any atom is 0.0745 e. The molecular formula is C14H31NO3. The lowest BCUT2D eigenvalue weighted by Crippen LogP contribution is -2.37. The van der Waals surface area contributed by atoms with E-state index in [-0.39, 0.29) is 17.1 Å². The van der Waals surface area contributed by atoms with Gasteiger partial charge in [-0.05, 0) is 39.5 Å². The minimum absolute atomic E-state index is 0.0101. The van der Waals surface area contributed by atoms with E-state index in [0.29, 0.717) is 19.8 Å². The highest BCUT2D eigenvalue weighted by molar-refractivity contribution is 4.80. The molecule has 2 unspecified atom stereocenters. The third kappa shape index (κ3) is 9.83. The molecule has 110 valence electrons. The number of rotatable bonds is 9. The molecule has 3 N–H and O–H groups in total. The zero-order valence-electron chi connectivity index (χ0n) is 12.8. The summed E-state index contributed by atoms with van der Waals surface area (Å²) in [6.07, 6.45) is 0.468. The minimum atomic E-state index is -0.414. The normalized spacial score (nSPS) is 16.7. The van der Waals surface area contributed by atoms with Crippen LogP contribution in [0.25, 0.3) is 0 Å². The van der Waals surface area contributed by atoms with Gasteiger partial charge in [0.15, 0.2) is 0 Å². The molecule has 0 aliphatic heterocycles. The number of hydrogen-bond donors (Lipinski definition) is 2. The van der Waals surface area contributed by atoms with Crippen molar-refractivity contribution in [3.8, 4) is 0 Å². The van der Waals surface area contributed by atoms with Gasteiger partial charge in [-0.3, -0.25) is 0 Å². The van der Waals surface area contributed by atoms with Gasteiger partial charge in [0.2, 0.25) is 0 Å². The van der Waals surface area contributed by atoms with Gasteiger partial charge in [-0.25, -0.2) is 0 Å². The molecule has 0 saturated heterocycles.